The van der Waals surface area contributed by atoms with Crippen LogP contribution >= 0.6 is 0 Å². The predicted octanol–water partition coefficient (Wildman–Crippen LogP) is 3.22. The highest BCUT2D eigenvalue weighted by Crippen LogP contribution is 2.31. The SMILES string of the molecule is COc1ccc(NC(=O)N2CCN(c3cc(C)nc(-n4ccnc4)n3)C(CC(=O)NCCc3ccc4c(c3)OCCO4)C2)cc1. The minimum absolute atomic E-state index is 0.111. The number of nitrogens with zero attached hydrogens (tertiary/aromatic N) is 6. The third-order valence-electron chi connectivity index (χ3n) is 7.73. The van der Waals surface area contributed by atoms with Gasteiger partial charge in [-0.05, 0) is 55.3 Å². The molecule has 0 aliphatic carbocycles. The lowest BCUT2D eigenvalue weighted by Crippen LogP contribution is -2.57. The average Bonchev–Trinajstić information content (AvgIpc) is 3.60. The van der Waals surface area contributed by atoms with E-state index < -0.39 is 0 Å². The molecule has 0 bridgehead atoms. The average molecular weight is 613 g/mol. The summed E-state index contributed by atoms with van der Waals surface area (Å²) in [5.41, 5.74) is 2.49. The van der Waals surface area contributed by atoms with Crippen LogP contribution in [0.15, 0.2) is 67.3 Å². The highest BCUT2D eigenvalue weighted by molar-refractivity contribution is 5.89. The first-order valence-corrected chi connectivity index (χ1v) is 14.9. The minimum Gasteiger partial charge on any atom is -0.497 e. The maximum Gasteiger partial charge on any atom is 0.321 e. The second kappa shape index (κ2) is 13.5. The maximum atomic E-state index is 13.3. The molecule has 2 aliphatic heterocycles. The van der Waals surface area contributed by atoms with Gasteiger partial charge in [0.25, 0.3) is 0 Å². The highest BCUT2D eigenvalue weighted by Gasteiger charge is 2.32. The molecule has 0 saturated carbocycles. The molecule has 1 saturated heterocycles. The second-order valence-corrected chi connectivity index (χ2v) is 10.9. The van der Waals surface area contributed by atoms with Crippen molar-refractivity contribution in [3.8, 4) is 23.2 Å². The van der Waals surface area contributed by atoms with E-state index in [4.69, 9.17) is 19.2 Å². The summed E-state index contributed by atoms with van der Waals surface area (Å²) in [6, 6.07) is 14.4. The van der Waals surface area contributed by atoms with Crippen molar-refractivity contribution in [2.24, 2.45) is 0 Å². The number of hydrogen-bond donors (Lipinski definition) is 2. The van der Waals surface area contributed by atoms with E-state index in [1.54, 1.807) is 59.6 Å². The molecule has 0 spiro atoms. The Hall–Kier alpha value is -5.33. The third-order valence-corrected chi connectivity index (χ3v) is 7.73. The molecule has 6 rings (SSSR count). The Kier molecular flexibility index (Phi) is 8.94. The summed E-state index contributed by atoms with van der Waals surface area (Å²) < 4.78 is 18.3. The van der Waals surface area contributed by atoms with Gasteiger partial charge in [0.05, 0.1) is 13.2 Å². The Labute approximate surface area is 261 Å². The van der Waals surface area contributed by atoms with Crippen molar-refractivity contribution in [3.63, 3.8) is 0 Å². The Bertz CT molecular complexity index is 1630. The van der Waals surface area contributed by atoms with Crippen LogP contribution in [0.25, 0.3) is 5.95 Å². The molecule has 0 radical (unpaired) electrons. The number of ether oxygens (including phenoxy) is 3. The number of methoxy groups -OCH3 is 1. The van der Waals surface area contributed by atoms with Gasteiger partial charge >= 0.3 is 6.03 Å². The van der Waals surface area contributed by atoms with E-state index in [1.807, 2.05) is 31.2 Å². The molecule has 45 heavy (non-hydrogen) atoms. The van der Waals surface area contributed by atoms with E-state index in [0.717, 1.165) is 22.8 Å². The number of benzene rings is 2. The molecular formula is C32H36N8O5. The van der Waals surface area contributed by atoms with Crippen molar-refractivity contribution in [2.45, 2.75) is 25.8 Å². The Morgan fingerprint density at radius 2 is 1.84 bits per heavy atom. The summed E-state index contributed by atoms with van der Waals surface area (Å²) >= 11 is 0. The molecule has 13 nitrogen and oxygen atoms in total. The normalized spacial score (nSPS) is 15.8. The summed E-state index contributed by atoms with van der Waals surface area (Å²) in [6.07, 6.45) is 5.92. The number of urea groups is 1. The van der Waals surface area contributed by atoms with Crippen LogP contribution in [0.1, 0.15) is 17.7 Å². The van der Waals surface area contributed by atoms with Crippen molar-refractivity contribution < 1.29 is 23.8 Å². The lowest BCUT2D eigenvalue weighted by atomic mass is 10.1. The minimum atomic E-state index is -0.320. The molecule has 234 valence electrons. The number of aryl methyl sites for hydroxylation is 1. The number of hydrogen-bond acceptors (Lipinski definition) is 9. The van der Waals surface area contributed by atoms with E-state index in [2.05, 4.69) is 25.5 Å². The summed E-state index contributed by atoms with van der Waals surface area (Å²) in [4.78, 5) is 43.9. The third kappa shape index (κ3) is 7.25. The van der Waals surface area contributed by atoms with Gasteiger partial charge in [0.2, 0.25) is 11.9 Å². The highest BCUT2D eigenvalue weighted by atomic mass is 16.6. The fourth-order valence-electron chi connectivity index (χ4n) is 5.45. The van der Waals surface area contributed by atoms with Crippen molar-refractivity contribution in [1.29, 1.82) is 0 Å². The number of carbonyl (C=O) groups excluding carboxylic acids is 2. The lowest BCUT2D eigenvalue weighted by molar-refractivity contribution is -0.121. The molecule has 2 aliphatic rings. The van der Waals surface area contributed by atoms with Gasteiger partial charge in [-0.1, -0.05) is 6.07 Å². The summed E-state index contributed by atoms with van der Waals surface area (Å²) in [7, 11) is 1.60. The molecule has 4 heterocycles. The molecular weight excluding hydrogens is 576 g/mol. The van der Waals surface area contributed by atoms with Crippen LogP contribution in [0, 0.1) is 6.92 Å². The second-order valence-electron chi connectivity index (χ2n) is 10.9. The largest absolute Gasteiger partial charge is 0.497 e. The first-order chi connectivity index (χ1) is 21.9. The molecule has 2 N–H and O–H groups in total. The number of piperazine rings is 1. The maximum absolute atomic E-state index is 13.3. The zero-order valence-electron chi connectivity index (χ0n) is 25.3. The van der Waals surface area contributed by atoms with Crippen LogP contribution in [0.5, 0.6) is 17.2 Å². The topological polar surface area (TPSA) is 136 Å². The molecule has 2 aromatic carbocycles. The van der Waals surface area contributed by atoms with Crippen LogP contribution < -0.4 is 29.7 Å². The fraction of sp³-hybridized carbons (Fsp3) is 0.344. The van der Waals surface area contributed by atoms with Gasteiger partial charge in [-0.15, -0.1) is 0 Å². The van der Waals surface area contributed by atoms with E-state index in [0.29, 0.717) is 69.0 Å². The quantitative estimate of drug-likeness (QED) is 0.292. The van der Waals surface area contributed by atoms with Gasteiger partial charge in [0, 0.05) is 62.4 Å². The lowest BCUT2D eigenvalue weighted by Gasteiger charge is -2.42. The number of nitrogens with one attached hydrogen (secondary N) is 2. The number of amides is 3. The first kappa shape index (κ1) is 29.7. The summed E-state index contributed by atoms with van der Waals surface area (Å²) in [6.45, 7) is 4.71. The van der Waals surface area contributed by atoms with Crippen molar-refractivity contribution in [1.82, 2.24) is 29.7 Å². The number of anilines is 2. The molecule has 4 aromatic rings. The van der Waals surface area contributed by atoms with Crippen LogP contribution in [0.2, 0.25) is 0 Å². The standard InChI is InChI=1S/C32H36N8O5/c1-22-17-29(37-31(35-22)39-12-11-33-21-39)40-14-13-38(32(42)36-24-4-6-26(43-2)7-5-24)20-25(40)19-30(41)34-10-9-23-3-8-27-28(18-23)45-16-15-44-27/h3-8,11-12,17-18,21,25H,9-10,13-16,19-20H2,1-2H3,(H,34,41)(H,36,42). The Morgan fingerprint density at radius 1 is 1.02 bits per heavy atom. The van der Waals surface area contributed by atoms with E-state index in [1.165, 1.54) is 0 Å². The molecule has 3 amide bonds. The van der Waals surface area contributed by atoms with Gasteiger partial charge in [-0.25, -0.2) is 14.8 Å². The smallest absolute Gasteiger partial charge is 0.321 e. The molecule has 2 aromatic heterocycles. The zero-order valence-corrected chi connectivity index (χ0v) is 25.3. The molecule has 1 atom stereocenters. The van der Waals surface area contributed by atoms with Gasteiger partial charge in [0.15, 0.2) is 11.5 Å². The van der Waals surface area contributed by atoms with Crippen LogP contribution in [-0.2, 0) is 11.2 Å². The fourth-order valence-corrected chi connectivity index (χ4v) is 5.45. The number of carbonyl (C=O) groups is 2. The molecule has 1 fully saturated rings. The van der Waals surface area contributed by atoms with E-state index in [-0.39, 0.29) is 24.4 Å². The van der Waals surface area contributed by atoms with E-state index >= 15 is 0 Å². The van der Waals surface area contributed by atoms with Crippen molar-refractivity contribution in [3.05, 3.63) is 78.5 Å². The Balaban J connectivity index is 1.15. The van der Waals surface area contributed by atoms with Gasteiger partial charge in [-0.2, -0.15) is 4.98 Å². The van der Waals surface area contributed by atoms with E-state index in [9.17, 15) is 9.59 Å². The monoisotopic (exact) mass is 612 g/mol. The van der Waals surface area contributed by atoms with Gasteiger partial charge in [0.1, 0.15) is 31.1 Å². The summed E-state index contributed by atoms with van der Waals surface area (Å²) in [5.74, 6) is 3.24. The number of fused-ring (bicyclic) bond motifs is 1. The number of imidazole rings is 1. The van der Waals surface area contributed by atoms with Crippen LogP contribution in [-0.4, -0.2) is 88.9 Å². The van der Waals surface area contributed by atoms with Gasteiger partial charge < -0.3 is 34.6 Å². The van der Waals surface area contributed by atoms with Crippen LogP contribution in [0.3, 0.4) is 0 Å². The summed E-state index contributed by atoms with van der Waals surface area (Å²) in [5, 5.41) is 6.02. The Morgan fingerprint density at radius 3 is 2.62 bits per heavy atom. The molecule has 1 unspecified atom stereocenters. The van der Waals surface area contributed by atoms with Gasteiger partial charge in [-0.3, -0.25) is 9.36 Å². The first-order valence-electron chi connectivity index (χ1n) is 14.9. The molecule has 13 heteroatoms. The van der Waals surface area contributed by atoms with Crippen LogP contribution in [0.4, 0.5) is 16.3 Å². The predicted molar refractivity (Wildman–Crippen MR) is 167 cm³/mol. The van der Waals surface area contributed by atoms with Crippen molar-refractivity contribution in [2.75, 3.05) is 56.7 Å². The zero-order chi connectivity index (χ0) is 31.2. The van der Waals surface area contributed by atoms with Crippen molar-refractivity contribution >= 4 is 23.4 Å². The number of rotatable bonds is 9. The number of aromatic nitrogens is 4.